The fraction of sp³-hybridized carbons (Fsp3) is 0.381. The number of rotatable bonds is 4. The zero-order chi connectivity index (χ0) is 19.3. The average Bonchev–Trinajstić information content (AvgIpc) is 2.88. The van der Waals surface area contributed by atoms with Gasteiger partial charge in [-0.1, -0.05) is 12.1 Å². The summed E-state index contributed by atoms with van der Waals surface area (Å²) in [5, 5.41) is 0. The Labute approximate surface area is 164 Å². The number of benzene rings is 1. The molecule has 0 unspecified atom stereocenters. The summed E-state index contributed by atoms with van der Waals surface area (Å²) >= 11 is 0. The Kier molecular flexibility index (Phi) is 5.53. The third kappa shape index (κ3) is 4.14. The molecule has 2 amide bonds. The minimum absolute atomic E-state index is 0.00647. The first-order valence-corrected chi connectivity index (χ1v) is 9.73. The van der Waals surface area contributed by atoms with Crippen LogP contribution in [0.15, 0.2) is 48.8 Å². The van der Waals surface area contributed by atoms with Crippen LogP contribution in [0, 0.1) is 0 Å². The van der Waals surface area contributed by atoms with Gasteiger partial charge in [0.2, 0.25) is 11.8 Å². The number of aromatic nitrogens is 1. The topological polar surface area (TPSA) is 67.2 Å². The van der Waals surface area contributed by atoms with E-state index in [-0.39, 0.29) is 24.8 Å². The molecule has 0 spiro atoms. The number of para-hydroxylation sites is 2. The van der Waals surface area contributed by atoms with E-state index in [2.05, 4.69) is 4.98 Å². The van der Waals surface area contributed by atoms with Crippen molar-refractivity contribution in [3.05, 3.63) is 54.4 Å². The number of carbonyl (C=O) groups is 2. The highest BCUT2D eigenvalue weighted by Gasteiger charge is 2.29. The number of pyridine rings is 1. The number of fused-ring (bicyclic) bond motifs is 1. The first-order valence-electron chi connectivity index (χ1n) is 9.73. The monoisotopic (exact) mass is 381 g/mol. The Bertz CT molecular complexity index is 835. The Morgan fingerprint density at radius 1 is 1.11 bits per heavy atom. The number of ether oxygens (including phenoxy) is 1. The van der Waals surface area contributed by atoms with E-state index < -0.39 is 0 Å². The number of nitrogens with zero attached hydrogens (tertiary/aromatic N) is 3. The first-order chi connectivity index (χ1) is 13.7. The Hall–Kier alpha value is -2.93. The zero-order valence-corrected chi connectivity index (χ0v) is 15.8. The molecule has 0 saturated carbocycles. The molecule has 7 heteroatoms. The molecule has 7 nitrogen and oxygen atoms in total. The van der Waals surface area contributed by atoms with Crippen LogP contribution in [0.5, 0.6) is 5.75 Å². The molecule has 1 saturated heterocycles. The highest BCUT2D eigenvalue weighted by molar-refractivity contribution is 6.00. The third-order valence-electron chi connectivity index (χ3n) is 5.35. The average molecular weight is 381 g/mol. The normalized spacial score (nSPS) is 17.6. The van der Waals surface area contributed by atoms with Crippen LogP contribution in [0.2, 0.25) is 0 Å². The predicted molar refractivity (Wildman–Crippen MR) is 104 cm³/mol. The molecule has 1 N–H and O–H groups in total. The molecular weight excluding hydrogens is 356 g/mol. The predicted octanol–water partition coefficient (Wildman–Crippen LogP) is 0.124. The van der Waals surface area contributed by atoms with Crippen molar-refractivity contribution in [2.45, 2.75) is 13.0 Å². The van der Waals surface area contributed by atoms with Crippen molar-refractivity contribution in [3.8, 4) is 5.75 Å². The molecule has 2 aliphatic heterocycles. The van der Waals surface area contributed by atoms with Crippen molar-refractivity contribution in [2.75, 3.05) is 44.2 Å². The van der Waals surface area contributed by atoms with Crippen molar-refractivity contribution in [1.29, 1.82) is 0 Å². The van der Waals surface area contributed by atoms with Crippen LogP contribution in [0.25, 0.3) is 0 Å². The SMILES string of the molecule is O=C(CN1C(=O)CCOc2ccccc21)N1CC[NH+](Cc2ccncc2)CC1. The molecule has 0 radical (unpaired) electrons. The van der Waals surface area contributed by atoms with Gasteiger partial charge in [0.15, 0.2) is 0 Å². The number of quaternary nitrogens is 1. The number of anilines is 1. The highest BCUT2D eigenvalue weighted by atomic mass is 16.5. The summed E-state index contributed by atoms with van der Waals surface area (Å²) in [6.45, 7) is 4.58. The Morgan fingerprint density at radius 2 is 1.86 bits per heavy atom. The van der Waals surface area contributed by atoms with Gasteiger partial charge in [-0.3, -0.25) is 19.5 Å². The van der Waals surface area contributed by atoms with Crippen molar-refractivity contribution >= 4 is 17.5 Å². The largest absolute Gasteiger partial charge is 0.491 e. The Morgan fingerprint density at radius 3 is 2.64 bits per heavy atom. The van der Waals surface area contributed by atoms with Crippen molar-refractivity contribution in [1.82, 2.24) is 9.88 Å². The number of nitrogens with one attached hydrogen (secondary N) is 1. The zero-order valence-electron chi connectivity index (χ0n) is 15.8. The van der Waals surface area contributed by atoms with Crippen LogP contribution in [0.3, 0.4) is 0 Å². The van der Waals surface area contributed by atoms with Crippen LogP contribution in [0.1, 0.15) is 12.0 Å². The maximum atomic E-state index is 12.9. The fourth-order valence-electron chi connectivity index (χ4n) is 3.77. The summed E-state index contributed by atoms with van der Waals surface area (Å²) in [6, 6.07) is 11.5. The number of hydrogen-bond acceptors (Lipinski definition) is 4. The molecule has 0 bridgehead atoms. The second-order valence-corrected chi connectivity index (χ2v) is 7.21. The molecule has 2 aliphatic rings. The lowest BCUT2D eigenvalue weighted by Crippen LogP contribution is -3.13. The summed E-state index contributed by atoms with van der Waals surface area (Å²) in [7, 11) is 0. The lowest BCUT2D eigenvalue weighted by molar-refractivity contribution is -0.917. The molecule has 4 rings (SSSR count). The van der Waals surface area contributed by atoms with Crippen LogP contribution in [-0.2, 0) is 16.1 Å². The van der Waals surface area contributed by atoms with Crippen molar-refractivity contribution in [2.24, 2.45) is 0 Å². The van der Waals surface area contributed by atoms with Gasteiger partial charge in [0.05, 0.1) is 44.9 Å². The van der Waals surface area contributed by atoms with Crippen molar-refractivity contribution in [3.63, 3.8) is 0 Å². The molecule has 28 heavy (non-hydrogen) atoms. The molecule has 3 heterocycles. The summed E-state index contributed by atoms with van der Waals surface area (Å²) in [4.78, 5) is 34.3. The van der Waals surface area contributed by atoms with Crippen LogP contribution in [-0.4, -0.2) is 61.0 Å². The maximum Gasteiger partial charge on any atom is 0.243 e. The third-order valence-corrected chi connectivity index (χ3v) is 5.35. The first kappa shape index (κ1) is 18.4. The Balaban J connectivity index is 1.36. The molecular formula is C21H25N4O3+. The van der Waals surface area contributed by atoms with E-state index in [1.54, 1.807) is 4.90 Å². The van der Waals surface area contributed by atoms with E-state index in [0.717, 1.165) is 19.6 Å². The van der Waals surface area contributed by atoms with Gasteiger partial charge in [-0.05, 0) is 24.3 Å². The van der Waals surface area contributed by atoms with Gasteiger partial charge in [0.25, 0.3) is 0 Å². The molecule has 1 fully saturated rings. The lowest BCUT2D eigenvalue weighted by atomic mass is 10.2. The molecule has 0 atom stereocenters. The molecule has 1 aromatic carbocycles. The van der Waals surface area contributed by atoms with Gasteiger partial charge in [-0.25, -0.2) is 0 Å². The van der Waals surface area contributed by atoms with Gasteiger partial charge in [-0.2, -0.15) is 0 Å². The van der Waals surface area contributed by atoms with E-state index in [9.17, 15) is 9.59 Å². The minimum Gasteiger partial charge on any atom is -0.491 e. The van der Waals surface area contributed by atoms with Gasteiger partial charge in [0.1, 0.15) is 18.8 Å². The summed E-state index contributed by atoms with van der Waals surface area (Å²) in [5.41, 5.74) is 1.94. The fourth-order valence-corrected chi connectivity index (χ4v) is 3.77. The molecule has 146 valence electrons. The van der Waals surface area contributed by atoms with E-state index >= 15 is 0 Å². The summed E-state index contributed by atoms with van der Waals surface area (Å²) in [6.07, 6.45) is 3.91. The number of piperazine rings is 1. The van der Waals surface area contributed by atoms with Gasteiger partial charge >= 0.3 is 0 Å². The van der Waals surface area contributed by atoms with Crippen LogP contribution in [0.4, 0.5) is 5.69 Å². The summed E-state index contributed by atoms with van der Waals surface area (Å²) in [5.74, 6) is 0.584. The van der Waals surface area contributed by atoms with E-state index in [4.69, 9.17) is 4.74 Å². The standard InChI is InChI=1S/C21H24N4O3/c26-20-7-14-28-19-4-2-1-3-18(19)25(20)16-21(27)24-12-10-23(11-13-24)15-17-5-8-22-9-6-17/h1-6,8-9H,7,10-16H2/p+1. The van der Waals surface area contributed by atoms with E-state index in [1.165, 1.54) is 10.5 Å². The van der Waals surface area contributed by atoms with Gasteiger partial charge < -0.3 is 14.5 Å². The van der Waals surface area contributed by atoms with Gasteiger partial charge in [0, 0.05) is 18.0 Å². The summed E-state index contributed by atoms with van der Waals surface area (Å²) < 4.78 is 5.65. The van der Waals surface area contributed by atoms with Crippen LogP contribution < -0.4 is 14.5 Å². The maximum absolute atomic E-state index is 12.9. The van der Waals surface area contributed by atoms with E-state index in [1.807, 2.05) is 53.7 Å². The minimum atomic E-state index is -0.0692. The molecule has 0 aliphatic carbocycles. The number of hydrogen-bond donors (Lipinski definition) is 1. The smallest absolute Gasteiger partial charge is 0.243 e. The highest BCUT2D eigenvalue weighted by Crippen LogP contribution is 2.30. The van der Waals surface area contributed by atoms with Gasteiger partial charge in [-0.15, -0.1) is 0 Å². The second kappa shape index (κ2) is 8.39. The van der Waals surface area contributed by atoms with E-state index in [0.29, 0.717) is 31.1 Å². The molecule has 1 aromatic heterocycles. The lowest BCUT2D eigenvalue weighted by Gasteiger charge is -2.33. The second-order valence-electron chi connectivity index (χ2n) is 7.21. The quantitative estimate of drug-likeness (QED) is 0.817. The number of carbonyl (C=O) groups excluding carboxylic acids is 2. The van der Waals surface area contributed by atoms with Crippen molar-refractivity contribution < 1.29 is 19.2 Å². The molecule has 2 aromatic rings. The van der Waals surface area contributed by atoms with Crippen LogP contribution >= 0.6 is 0 Å². The number of amides is 2.